The molecule has 0 N–H and O–H groups in total. The fourth-order valence-corrected chi connectivity index (χ4v) is 2.50. The van der Waals surface area contributed by atoms with Gasteiger partial charge in [0.2, 0.25) is 0 Å². The van der Waals surface area contributed by atoms with Crippen molar-refractivity contribution in [3.05, 3.63) is 69.2 Å². The maximum atomic E-state index is 6.40. The Balaban J connectivity index is 2.11. The standard InChI is InChI=1S/C14H11BrCl2/c15-12-3-1-2-11(9-12)14(17)8-10-4-6-13(16)7-5-10/h1-7,9,14H,8H2. The normalized spacial score (nSPS) is 12.4. The molecule has 0 radical (unpaired) electrons. The smallest absolute Gasteiger partial charge is 0.0625 e. The lowest BCUT2D eigenvalue weighted by Crippen LogP contribution is -1.95. The molecule has 0 aliphatic heterocycles. The van der Waals surface area contributed by atoms with Crippen molar-refractivity contribution in [1.29, 1.82) is 0 Å². The van der Waals surface area contributed by atoms with Gasteiger partial charge in [-0.25, -0.2) is 0 Å². The van der Waals surface area contributed by atoms with Gasteiger partial charge in [-0.1, -0.05) is 51.8 Å². The van der Waals surface area contributed by atoms with E-state index < -0.39 is 0 Å². The Labute approximate surface area is 120 Å². The lowest BCUT2D eigenvalue weighted by Gasteiger charge is -2.10. The predicted octanol–water partition coefficient (Wildman–Crippen LogP) is 5.63. The molecule has 0 bridgehead atoms. The molecule has 1 unspecified atom stereocenters. The van der Waals surface area contributed by atoms with Gasteiger partial charge in [-0.05, 0) is 41.8 Å². The molecule has 0 fully saturated rings. The fraction of sp³-hybridized carbons (Fsp3) is 0.143. The van der Waals surface area contributed by atoms with E-state index in [4.69, 9.17) is 23.2 Å². The minimum Gasteiger partial charge on any atom is -0.117 e. The zero-order valence-electron chi connectivity index (χ0n) is 9.04. The molecule has 3 heteroatoms. The van der Waals surface area contributed by atoms with Gasteiger partial charge >= 0.3 is 0 Å². The first-order valence-corrected chi connectivity index (χ1v) is 6.90. The van der Waals surface area contributed by atoms with Crippen molar-refractivity contribution in [2.45, 2.75) is 11.8 Å². The zero-order chi connectivity index (χ0) is 12.3. The van der Waals surface area contributed by atoms with Crippen LogP contribution >= 0.6 is 39.1 Å². The Morgan fingerprint density at radius 1 is 1.06 bits per heavy atom. The average Bonchev–Trinajstić information content (AvgIpc) is 2.32. The van der Waals surface area contributed by atoms with Gasteiger partial charge in [-0.15, -0.1) is 11.6 Å². The molecule has 17 heavy (non-hydrogen) atoms. The van der Waals surface area contributed by atoms with Gasteiger partial charge in [0.1, 0.15) is 0 Å². The van der Waals surface area contributed by atoms with Crippen LogP contribution in [0.4, 0.5) is 0 Å². The summed E-state index contributed by atoms with van der Waals surface area (Å²) in [6.45, 7) is 0. The molecule has 2 rings (SSSR count). The minimum absolute atomic E-state index is 0.0197. The number of benzene rings is 2. The number of alkyl halides is 1. The van der Waals surface area contributed by atoms with Gasteiger partial charge in [-0.3, -0.25) is 0 Å². The molecule has 88 valence electrons. The number of hydrogen-bond acceptors (Lipinski definition) is 0. The monoisotopic (exact) mass is 328 g/mol. The van der Waals surface area contributed by atoms with Crippen LogP contribution in [-0.2, 0) is 6.42 Å². The topological polar surface area (TPSA) is 0 Å². The first-order chi connectivity index (χ1) is 8.15. The maximum Gasteiger partial charge on any atom is 0.0625 e. The van der Waals surface area contributed by atoms with E-state index in [1.54, 1.807) is 0 Å². The SMILES string of the molecule is Clc1ccc(CC(Cl)c2cccc(Br)c2)cc1. The Morgan fingerprint density at radius 3 is 2.41 bits per heavy atom. The fourth-order valence-electron chi connectivity index (χ4n) is 1.65. The van der Waals surface area contributed by atoms with Crippen LogP contribution in [0, 0.1) is 0 Å². The second-order valence-corrected chi connectivity index (χ2v) is 5.73. The summed E-state index contributed by atoms with van der Waals surface area (Å²) in [4.78, 5) is 0. The Bertz CT molecular complexity index is 494. The Morgan fingerprint density at radius 2 is 1.76 bits per heavy atom. The third-order valence-electron chi connectivity index (χ3n) is 2.54. The van der Waals surface area contributed by atoms with Crippen LogP contribution in [-0.4, -0.2) is 0 Å². The highest BCUT2D eigenvalue weighted by Crippen LogP contribution is 2.27. The van der Waals surface area contributed by atoms with Gasteiger partial charge in [0, 0.05) is 9.50 Å². The van der Waals surface area contributed by atoms with Crippen LogP contribution < -0.4 is 0 Å². The molecular weight excluding hydrogens is 319 g/mol. The maximum absolute atomic E-state index is 6.40. The molecule has 0 spiro atoms. The molecule has 0 saturated carbocycles. The Hall–Kier alpha value is -0.500. The van der Waals surface area contributed by atoms with Crippen molar-refractivity contribution in [2.24, 2.45) is 0 Å². The van der Waals surface area contributed by atoms with Crippen LogP contribution in [0.25, 0.3) is 0 Å². The number of rotatable bonds is 3. The van der Waals surface area contributed by atoms with Crippen LogP contribution in [0.15, 0.2) is 53.0 Å². The van der Waals surface area contributed by atoms with E-state index in [1.165, 1.54) is 5.56 Å². The van der Waals surface area contributed by atoms with Crippen molar-refractivity contribution in [1.82, 2.24) is 0 Å². The number of hydrogen-bond donors (Lipinski definition) is 0. The molecule has 2 aromatic rings. The van der Waals surface area contributed by atoms with E-state index in [2.05, 4.69) is 15.9 Å². The molecule has 0 nitrogen and oxygen atoms in total. The highest BCUT2D eigenvalue weighted by molar-refractivity contribution is 9.10. The summed E-state index contributed by atoms with van der Waals surface area (Å²) in [6.07, 6.45) is 0.801. The summed E-state index contributed by atoms with van der Waals surface area (Å²) in [7, 11) is 0. The molecule has 1 atom stereocenters. The van der Waals surface area contributed by atoms with E-state index in [0.29, 0.717) is 0 Å². The summed E-state index contributed by atoms with van der Waals surface area (Å²) in [5.41, 5.74) is 2.31. The molecule has 0 saturated heterocycles. The second-order valence-electron chi connectivity index (χ2n) is 3.85. The second kappa shape index (κ2) is 5.90. The van der Waals surface area contributed by atoms with Crippen LogP contribution in [0.2, 0.25) is 5.02 Å². The van der Waals surface area contributed by atoms with E-state index in [9.17, 15) is 0 Å². The summed E-state index contributed by atoms with van der Waals surface area (Å²) in [6, 6.07) is 15.9. The largest absolute Gasteiger partial charge is 0.117 e. The van der Waals surface area contributed by atoms with Gasteiger partial charge in [0.25, 0.3) is 0 Å². The summed E-state index contributed by atoms with van der Waals surface area (Å²) >= 11 is 15.7. The highest BCUT2D eigenvalue weighted by Gasteiger charge is 2.09. The van der Waals surface area contributed by atoms with Crippen molar-refractivity contribution < 1.29 is 0 Å². The zero-order valence-corrected chi connectivity index (χ0v) is 12.1. The minimum atomic E-state index is -0.0197. The molecule has 0 aliphatic carbocycles. The summed E-state index contributed by atoms with van der Waals surface area (Å²) < 4.78 is 1.05. The van der Waals surface area contributed by atoms with Crippen LogP contribution in [0.3, 0.4) is 0 Å². The van der Waals surface area contributed by atoms with Crippen molar-refractivity contribution in [3.8, 4) is 0 Å². The quantitative estimate of drug-likeness (QED) is 0.640. The van der Waals surface area contributed by atoms with Crippen molar-refractivity contribution in [2.75, 3.05) is 0 Å². The van der Waals surface area contributed by atoms with Gasteiger partial charge in [-0.2, -0.15) is 0 Å². The molecule has 2 aromatic carbocycles. The summed E-state index contributed by atoms with van der Waals surface area (Å²) in [5, 5.41) is 0.732. The van der Waals surface area contributed by atoms with E-state index in [0.717, 1.165) is 21.5 Å². The number of halogens is 3. The molecule has 0 amide bonds. The van der Waals surface area contributed by atoms with Crippen LogP contribution in [0.1, 0.15) is 16.5 Å². The van der Waals surface area contributed by atoms with Gasteiger partial charge in [0.05, 0.1) is 5.38 Å². The predicted molar refractivity (Wildman–Crippen MR) is 77.9 cm³/mol. The lowest BCUT2D eigenvalue weighted by molar-refractivity contribution is 0.919. The van der Waals surface area contributed by atoms with Gasteiger partial charge in [0.15, 0.2) is 0 Å². The van der Waals surface area contributed by atoms with E-state index in [1.807, 2.05) is 48.5 Å². The van der Waals surface area contributed by atoms with Crippen molar-refractivity contribution >= 4 is 39.1 Å². The third-order valence-corrected chi connectivity index (χ3v) is 3.69. The van der Waals surface area contributed by atoms with Crippen molar-refractivity contribution in [3.63, 3.8) is 0 Å². The van der Waals surface area contributed by atoms with E-state index >= 15 is 0 Å². The average molecular weight is 330 g/mol. The Kier molecular flexibility index (Phi) is 4.49. The molecule has 0 heterocycles. The first-order valence-electron chi connectivity index (χ1n) is 5.29. The third kappa shape index (κ3) is 3.74. The summed E-state index contributed by atoms with van der Waals surface area (Å²) in [5.74, 6) is 0. The molecule has 0 aromatic heterocycles. The van der Waals surface area contributed by atoms with E-state index in [-0.39, 0.29) is 5.38 Å². The lowest BCUT2D eigenvalue weighted by atomic mass is 10.0. The molecule has 0 aliphatic rings. The highest BCUT2D eigenvalue weighted by atomic mass is 79.9. The first kappa shape index (κ1) is 12.9. The van der Waals surface area contributed by atoms with Crippen LogP contribution in [0.5, 0.6) is 0 Å². The van der Waals surface area contributed by atoms with Gasteiger partial charge < -0.3 is 0 Å². The molecular formula is C14H11BrCl2.